The second-order valence-electron chi connectivity index (χ2n) is 6.95. The fraction of sp³-hybridized carbons (Fsp3) is 0.474. The molecule has 1 aliphatic rings. The molecule has 31 heavy (non-hydrogen) atoms. The number of hydrogen-bond acceptors (Lipinski definition) is 4. The number of rotatable bonds is 7. The Labute approximate surface area is 176 Å². The lowest BCUT2D eigenvalue weighted by molar-refractivity contribution is -0.124. The summed E-state index contributed by atoms with van der Waals surface area (Å²) in [4.78, 5) is 15.6. The second-order valence-corrected chi connectivity index (χ2v) is 8.84. The van der Waals surface area contributed by atoms with E-state index in [2.05, 4.69) is 10.3 Å². The Morgan fingerprint density at radius 3 is 2.48 bits per heavy atom. The standard InChI is InChI=1S/C19H22F5N3O3S/c1-3-4-17(19(22,23)24)25-10-12(2)26-18(28)16-9-14(21)11-27(16)31(29,30)15-7-5-13(20)6-8-15/h4-8,10,12,14,16H,3,9,11H2,1-2H3,(H,26,28)/b17-4-,25-10?/t12-,14-,16+/m1/s1. The minimum atomic E-state index is -4.66. The summed E-state index contributed by atoms with van der Waals surface area (Å²) in [7, 11) is -4.30. The van der Waals surface area contributed by atoms with Crippen LogP contribution in [0.5, 0.6) is 0 Å². The number of halogens is 5. The van der Waals surface area contributed by atoms with E-state index in [0.29, 0.717) is 4.31 Å². The van der Waals surface area contributed by atoms with Gasteiger partial charge >= 0.3 is 6.18 Å². The van der Waals surface area contributed by atoms with E-state index >= 15 is 0 Å². The molecule has 0 aromatic heterocycles. The van der Waals surface area contributed by atoms with E-state index < -0.39 is 64.8 Å². The molecule has 1 aromatic rings. The number of aliphatic imine (C=N–C) groups is 1. The summed E-state index contributed by atoms with van der Waals surface area (Å²) in [6.07, 6.45) is -4.84. The van der Waals surface area contributed by atoms with Crippen LogP contribution in [0.2, 0.25) is 0 Å². The van der Waals surface area contributed by atoms with E-state index in [1.54, 1.807) is 0 Å². The van der Waals surface area contributed by atoms with Gasteiger partial charge in [0.1, 0.15) is 23.7 Å². The maximum absolute atomic E-state index is 14.0. The summed E-state index contributed by atoms with van der Waals surface area (Å²) in [5.41, 5.74) is -1.12. The first-order valence-corrected chi connectivity index (χ1v) is 10.8. The minimum absolute atomic E-state index is 0.100. The number of hydrogen-bond donors (Lipinski definition) is 1. The molecular formula is C19H22F5N3O3S. The zero-order valence-electron chi connectivity index (χ0n) is 16.7. The molecule has 172 valence electrons. The van der Waals surface area contributed by atoms with Crippen molar-refractivity contribution in [3.8, 4) is 0 Å². The lowest BCUT2D eigenvalue weighted by atomic mass is 10.2. The molecule has 1 N–H and O–H groups in total. The summed E-state index contributed by atoms with van der Waals surface area (Å²) in [5.74, 6) is -1.54. The van der Waals surface area contributed by atoms with Crippen LogP contribution in [0.15, 0.2) is 45.9 Å². The van der Waals surface area contributed by atoms with Gasteiger partial charge in [-0.3, -0.25) is 9.79 Å². The Kier molecular flexibility index (Phi) is 7.93. The number of nitrogens with one attached hydrogen (secondary N) is 1. The molecular weight excluding hydrogens is 445 g/mol. The van der Waals surface area contributed by atoms with Gasteiger partial charge in [-0.1, -0.05) is 13.0 Å². The average Bonchev–Trinajstić information content (AvgIpc) is 3.07. The molecule has 0 bridgehead atoms. The van der Waals surface area contributed by atoms with Gasteiger partial charge in [0.2, 0.25) is 15.9 Å². The molecule has 1 amide bonds. The third-order valence-corrected chi connectivity index (χ3v) is 6.31. The zero-order valence-corrected chi connectivity index (χ0v) is 17.6. The van der Waals surface area contributed by atoms with Gasteiger partial charge in [0.15, 0.2) is 0 Å². The molecule has 2 rings (SSSR count). The maximum Gasteiger partial charge on any atom is 0.432 e. The molecule has 1 fully saturated rings. The largest absolute Gasteiger partial charge is 0.432 e. The number of sulfonamides is 1. The van der Waals surface area contributed by atoms with Crippen molar-refractivity contribution in [2.75, 3.05) is 6.54 Å². The highest BCUT2D eigenvalue weighted by molar-refractivity contribution is 7.89. The SMILES string of the molecule is CC/C=C(\N=C[C@@H](C)NC(=O)[C@@H]1C[C@@H](F)CN1S(=O)(=O)c1ccc(F)cc1)C(F)(F)F. The van der Waals surface area contributed by atoms with Crippen molar-refractivity contribution in [2.24, 2.45) is 4.99 Å². The van der Waals surface area contributed by atoms with Crippen LogP contribution < -0.4 is 5.32 Å². The van der Waals surface area contributed by atoms with E-state index in [0.717, 1.165) is 36.6 Å². The van der Waals surface area contributed by atoms with E-state index in [1.807, 2.05) is 0 Å². The van der Waals surface area contributed by atoms with E-state index in [9.17, 15) is 35.2 Å². The van der Waals surface area contributed by atoms with Crippen molar-refractivity contribution in [1.82, 2.24) is 9.62 Å². The average molecular weight is 467 g/mol. The quantitative estimate of drug-likeness (QED) is 0.494. The highest BCUT2D eigenvalue weighted by atomic mass is 32.2. The van der Waals surface area contributed by atoms with E-state index in [4.69, 9.17) is 0 Å². The number of nitrogens with zero attached hydrogens (tertiary/aromatic N) is 2. The fourth-order valence-corrected chi connectivity index (χ4v) is 4.61. The number of amides is 1. The predicted molar refractivity (Wildman–Crippen MR) is 104 cm³/mol. The maximum atomic E-state index is 14.0. The van der Waals surface area contributed by atoms with Gasteiger partial charge in [-0.15, -0.1) is 0 Å². The molecule has 0 unspecified atom stereocenters. The molecule has 0 saturated carbocycles. The Bertz CT molecular complexity index is 946. The zero-order chi connectivity index (χ0) is 23.4. The third kappa shape index (κ3) is 6.33. The van der Waals surface area contributed by atoms with Crippen molar-refractivity contribution in [3.05, 3.63) is 41.9 Å². The van der Waals surface area contributed by atoms with Gasteiger partial charge < -0.3 is 5.32 Å². The molecule has 1 aromatic carbocycles. The van der Waals surface area contributed by atoms with E-state index in [-0.39, 0.29) is 11.3 Å². The normalized spacial score (nSPS) is 22.1. The Balaban J connectivity index is 2.16. The van der Waals surface area contributed by atoms with Crippen LogP contribution in [0.4, 0.5) is 22.0 Å². The monoisotopic (exact) mass is 467 g/mol. The van der Waals surface area contributed by atoms with Crippen LogP contribution >= 0.6 is 0 Å². The summed E-state index contributed by atoms with van der Waals surface area (Å²) < 4.78 is 91.9. The Hall–Kier alpha value is -2.34. The predicted octanol–water partition coefficient (Wildman–Crippen LogP) is 3.36. The van der Waals surface area contributed by atoms with Crippen LogP contribution in [0, 0.1) is 5.82 Å². The first kappa shape index (κ1) is 24.9. The number of carbonyl (C=O) groups is 1. The highest BCUT2D eigenvalue weighted by Gasteiger charge is 2.44. The molecule has 0 radical (unpaired) electrons. The summed E-state index contributed by atoms with van der Waals surface area (Å²) in [6.45, 7) is 2.29. The van der Waals surface area contributed by atoms with Crippen LogP contribution in [0.3, 0.4) is 0 Å². The molecule has 1 heterocycles. The molecule has 1 saturated heterocycles. The van der Waals surface area contributed by atoms with Gasteiger partial charge in [0.05, 0.1) is 10.9 Å². The lowest BCUT2D eigenvalue weighted by Crippen LogP contribution is -2.48. The Morgan fingerprint density at radius 1 is 1.32 bits per heavy atom. The van der Waals surface area contributed by atoms with Crippen molar-refractivity contribution >= 4 is 22.1 Å². The van der Waals surface area contributed by atoms with Crippen molar-refractivity contribution < 1.29 is 35.2 Å². The number of alkyl halides is 4. The van der Waals surface area contributed by atoms with Crippen molar-refractivity contribution in [2.45, 2.75) is 56.0 Å². The van der Waals surface area contributed by atoms with Gasteiger partial charge in [0.25, 0.3) is 0 Å². The number of allylic oxidation sites excluding steroid dienone is 2. The first-order chi connectivity index (χ1) is 14.4. The topological polar surface area (TPSA) is 78.8 Å². The highest BCUT2D eigenvalue weighted by Crippen LogP contribution is 2.29. The summed E-state index contributed by atoms with van der Waals surface area (Å²) >= 11 is 0. The summed E-state index contributed by atoms with van der Waals surface area (Å²) in [5, 5.41) is 2.34. The fourth-order valence-electron chi connectivity index (χ4n) is 2.99. The smallest absolute Gasteiger partial charge is 0.347 e. The third-order valence-electron chi connectivity index (χ3n) is 4.42. The first-order valence-electron chi connectivity index (χ1n) is 9.39. The number of benzene rings is 1. The van der Waals surface area contributed by atoms with Crippen LogP contribution in [0.1, 0.15) is 26.7 Å². The van der Waals surface area contributed by atoms with Crippen molar-refractivity contribution in [1.29, 1.82) is 0 Å². The molecule has 1 aliphatic heterocycles. The molecule has 0 spiro atoms. The van der Waals surface area contributed by atoms with Crippen LogP contribution in [0.25, 0.3) is 0 Å². The molecule has 3 atom stereocenters. The van der Waals surface area contributed by atoms with Gasteiger partial charge in [0, 0.05) is 19.2 Å². The minimum Gasteiger partial charge on any atom is -0.347 e. The van der Waals surface area contributed by atoms with Gasteiger partial charge in [-0.2, -0.15) is 17.5 Å². The second kappa shape index (κ2) is 9.86. The van der Waals surface area contributed by atoms with Crippen LogP contribution in [-0.2, 0) is 14.8 Å². The van der Waals surface area contributed by atoms with Crippen molar-refractivity contribution in [3.63, 3.8) is 0 Å². The molecule has 6 nitrogen and oxygen atoms in total. The molecule has 12 heteroatoms. The molecule has 0 aliphatic carbocycles. The Morgan fingerprint density at radius 2 is 1.94 bits per heavy atom. The number of carbonyl (C=O) groups excluding carboxylic acids is 1. The van der Waals surface area contributed by atoms with E-state index in [1.165, 1.54) is 13.8 Å². The summed E-state index contributed by atoms with van der Waals surface area (Å²) in [6, 6.07) is 1.45. The lowest BCUT2D eigenvalue weighted by Gasteiger charge is -2.24. The van der Waals surface area contributed by atoms with Crippen LogP contribution in [-0.4, -0.2) is 55.8 Å². The van der Waals surface area contributed by atoms with Gasteiger partial charge in [-0.25, -0.2) is 17.2 Å². The van der Waals surface area contributed by atoms with Gasteiger partial charge in [-0.05, 0) is 37.6 Å².